The molecule has 35 heavy (non-hydrogen) atoms. The predicted octanol–water partition coefficient (Wildman–Crippen LogP) is 4.08. The van der Waals surface area contributed by atoms with E-state index in [0.29, 0.717) is 0 Å². The fourth-order valence-corrected chi connectivity index (χ4v) is 5.89. The molecule has 0 bridgehead atoms. The number of benzene rings is 2. The lowest BCUT2D eigenvalue weighted by Crippen LogP contribution is -2.50. The molecular formula is C27H34N6OS. The fraction of sp³-hybridized carbons (Fsp3) is 0.444. The largest absolute Gasteiger partial charge is 0.368 e. The van der Waals surface area contributed by atoms with Gasteiger partial charge in [-0.15, -0.1) is 10.2 Å². The molecular weight excluding hydrogens is 456 g/mol. The van der Waals surface area contributed by atoms with Crippen LogP contribution in [0.2, 0.25) is 0 Å². The zero-order chi connectivity index (χ0) is 24.0. The number of piperidine rings is 1. The van der Waals surface area contributed by atoms with Gasteiger partial charge in [0.15, 0.2) is 11.0 Å². The zero-order valence-corrected chi connectivity index (χ0v) is 21.2. The molecule has 0 radical (unpaired) electrons. The molecule has 3 heterocycles. The van der Waals surface area contributed by atoms with E-state index in [1.807, 2.05) is 36.1 Å². The maximum absolute atomic E-state index is 13.3. The number of amides is 1. The molecule has 0 N–H and O–H groups in total. The van der Waals surface area contributed by atoms with Crippen molar-refractivity contribution >= 4 is 23.4 Å². The van der Waals surface area contributed by atoms with E-state index in [0.717, 1.165) is 62.5 Å². The predicted molar refractivity (Wildman–Crippen MR) is 141 cm³/mol. The molecule has 0 saturated carbocycles. The van der Waals surface area contributed by atoms with Gasteiger partial charge in [0.1, 0.15) is 0 Å². The van der Waals surface area contributed by atoms with Crippen LogP contribution >= 0.6 is 11.8 Å². The van der Waals surface area contributed by atoms with E-state index in [1.54, 1.807) is 0 Å². The summed E-state index contributed by atoms with van der Waals surface area (Å²) in [5.41, 5.74) is 2.27. The highest BCUT2D eigenvalue weighted by molar-refractivity contribution is 8.00. The van der Waals surface area contributed by atoms with Gasteiger partial charge in [0, 0.05) is 37.6 Å². The smallest absolute Gasteiger partial charge is 0.236 e. The van der Waals surface area contributed by atoms with E-state index in [-0.39, 0.29) is 11.2 Å². The van der Waals surface area contributed by atoms with Gasteiger partial charge < -0.3 is 9.80 Å². The van der Waals surface area contributed by atoms with Gasteiger partial charge in [0.05, 0.1) is 11.8 Å². The van der Waals surface area contributed by atoms with Crippen LogP contribution in [0.3, 0.4) is 0 Å². The third kappa shape index (κ3) is 5.70. The van der Waals surface area contributed by atoms with E-state index in [1.165, 1.54) is 36.7 Å². The zero-order valence-electron chi connectivity index (χ0n) is 20.4. The molecule has 3 aromatic rings. The number of anilines is 1. The van der Waals surface area contributed by atoms with Crippen molar-refractivity contribution < 1.29 is 4.79 Å². The third-order valence-electron chi connectivity index (χ3n) is 6.87. The van der Waals surface area contributed by atoms with Crippen molar-refractivity contribution in [1.82, 2.24) is 24.6 Å². The monoisotopic (exact) mass is 490 g/mol. The quantitative estimate of drug-likeness (QED) is 0.465. The molecule has 2 aliphatic rings. The number of carbonyl (C=O) groups is 1. The Bertz CT molecular complexity index is 1090. The van der Waals surface area contributed by atoms with Crippen LogP contribution < -0.4 is 4.90 Å². The number of rotatable bonds is 7. The molecule has 1 unspecified atom stereocenters. The second-order valence-electron chi connectivity index (χ2n) is 9.31. The maximum Gasteiger partial charge on any atom is 0.236 e. The highest BCUT2D eigenvalue weighted by Gasteiger charge is 2.28. The van der Waals surface area contributed by atoms with Crippen LogP contribution in [-0.4, -0.2) is 75.0 Å². The normalized spacial score (nSPS) is 18.0. The number of aromatic nitrogens is 3. The van der Waals surface area contributed by atoms with Gasteiger partial charge in [-0.2, -0.15) is 0 Å². The lowest BCUT2D eigenvalue weighted by atomic mass is 10.1. The molecule has 2 fully saturated rings. The molecule has 5 rings (SSSR count). The first-order valence-electron chi connectivity index (χ1n) is 12.7. The Hall–Kier alpha value is -2.84. The second-order valence-corrected chi connectivity index (χ2v) is 10.6. The summed E-state index contributed by atoms with van der Waals surface area (Å²) >= 11 is 1.51. The summed E-state index contributed by atoms with van der Waals surface area (Å²) in [4.78, 5) is 20.1. The number of thioether (sulfide) groups is 1. The molecule has 0 spiro atoms. The summed E-state index contributed by atoms with van der Waals surface area (Å²) in [6, 6.07) is 20.7. The van der Waals surface area contributed by atoms with Crippen LogP contribution in [0.5, 0.6) is 0 Å². The minimum absolute atomic E-state index is 0.169. The minimum Gasteiger partial charge on any atom is -0.368 e. The number of para-hydroxylation sites is 2. The van der Waals surface area contributed by atoms with Crippen LogP contribution in [0.4, 0.5) is 5.69 Å². The Morgan fingerprint density at radius 1 is 0.829 bits per heavy atom. The van der Waals surface area contributed by atoms with Crippen molar-refractivity contribution in [3.05, 3.63) is 66.5 Å². The average molecular weight is 491 g/mol. The van der Waals surface area contributed by atoms with Gasteiger partial charge in [-0.05, 0) is 57.1 Å². The van der Waals surface area contributed by atoms with E-state index >= 15 is 0 Å². The maximum atomic E-state index is 13.3. The van der Waals surface area contributed by atoms with Crippen LogP contribution in [0.25, 0.3) is 5.69 Å². The number of carbonyl (C=O) groups excluding carboxylic acids is 1. The van der Waals surface area contributed by atoms with E-state index in [4.69, 9.17) is 0 Å². The third-order valence-corrected chi connectivity index (χ3v) is 7.90. The molecule has 1 amide bonds. The fourth-order valence-electron chi connectivity index (χ4n) is 4.92. The van der Waals surface area contributed by atoms with Gasteiger partial charge in [0.2, 0.25) is 5.91 Å². The molecule has 0 aliphatic carbocycles. The number of hydrogen-bond acceptors (Lipinski definition) is 6. The van der Waals surface area contributed by atoms with Crippen LogP contribution in [0, 0.1) is 0 Å². The molecule has 2 saturated heterocycles. The SMILES string of the molecule is CC(Sc1nnc(CN2CCCCC2)n1-c1ccccc1)C(=O)N1CCN(c2ccccc2)CC1. The van der Waals surface area contributed by atoms with Crippen molar-refractivity contribution in [2.45, 2.75) is 43.1 Å². The van der Waals surface area contributed by atoms with Gasteiger partial charge in [-0.25, -0.2) is 0 Å². The van der Waals surface area contributed by atoms with Crippen LogP contribution in [0.1, 0.15) is 32.0 Å². The van der Waals surface area contributed by atoms with Gasteiger partial charge >= 0.3 is 0 Å². The first-order chi connectivity index (χ1) is 17.2. The molecule has 2 aromatic carbocycles. The van der Waals surface area contributed by atoms with Crippen LogP contribution in [-0.2, 0) is 11.3 Å². The highest BCUT2D eigenvalue weighted by atomic mass is 32.2. The van der Waals surface area contributed by atoms with Crippen molar-refractivity contribution in [2.24, 2.45) is 0 Å². The lowest BCUT2D eigenvalue weighted by Gasteiger charge is -2.37. The van der Waals surface area contributed by atoms with Crippen LogP contribution in [0.15, 0.2) is 65.8 Å². The van der Waals surface area contributed by atoms with Crippen molar-refractivity contribution in [3.8, 4) is 5.69 Å². The number of likely N-dealkylation sites (tertiary alicyclic amines) is 1. The second kappa shape index (κ2) is 11.3. The van der Waals surface area contributed by atoms with Gasteiger partial charge in [-0.3, -0.25) is 14.3 Å². The van der Waals surface area contributed by atoms with E-state index in [9.17, 15) is 4.79 Å². The average Bonchev–Trinajstić information content (AvgIpc) is 3.31. The Morgan fingerprint density at radius 2 is 1.46 bits per heavy atom. The Kier molecular flexibility index (Phi) is 7.69. The standard InChI is InChI=1S/C27H34N6OS/c1-22(26(34)32-19-17-31(18-20-32)23-11-5-2-6-12-23)35-27-29-28-25(21-30-15-9-4-10-16-30)33(27)24-13-7-3-8-14-24/h2-3,5-8,11-14,22H,4,9-10,15-21H2,1H3. The summed E-state index contributed by atoms with van der Waals surface area (Å²) in [6.45, 7) is 8.17. The van der Waals surface area contributed by atoms with Crippen molar-refractivity contribution in [3.63, 3.8) is 0 Å². The molecule has 1 atom stereocenters. The first kappa shape index (κ1) is 23.9. The lowest BCUT2D eigenvalue weighted by molar-refractivity contribution is -0.130. The summed E-state index contributed by atoms with van der Waals surface area (Å²) in [5, 5.41) is 9.68. The summed E-state index contributed by atoms with van der Waals surface area (Å²) < 4.78 is 2.14. The summed E-state index contributed by atoms with van der Waals surface area (Å²) in [7, 11) is 0. The number of nitrogens with zero attached hydrogens (tertiary/aromatic N) is 6. The topological polar surface area (TPSA) is 57.5 Å². The molecule has 1 aromatic heterocycles. The van der Waals surface area contributed by atoms with Crippen molar-refractivity contribution in [1.29, 1.82) is 0 Å². The number of hydrogen-bond donors (Lipinski definition) is 0. The number of piperazine rings is 1. The van der Waals surface area contributed by atoms with Crippen molar-refractivity contribution in [2.75, 3.05) is 44.2 Å². The Balaban J connectivity index is 1.27. The van der Waals surface area contributed by atoms with E-state index < -0.39 is 0 Å². The minimum atomic E-state index is -0.229. The Labute approximate surface area is 212 Å². The first-order valence-corrected chi connectivity index (χ1v) is 13.5. The van der Waals surface area contributed by atoms with E-state index in [2.05, 4.69) is 61.0 Å². The molecule has 184 valence electrons. The van der Waals surface area contributed by atoms with Gasteiger partial charge in [0.25, 0.3) is 0 Å². The highest BCUT2D eigenvalue weighted by Crippen LogP contribution is 2.28. The summed E-state index contributed by atoms with van der Waals surface area (Å²) in [5.74, 6) is 1.11. The molecule has 8 heteroatoms. The molecule has 2 aliphatic heterocycles. The van der Waals surface area contributed by atoms with Gasteiger partial charge in [-0.1, -0.05) is 54.6 Å². The molecule has 7 nitrogen and oxygen atoms in total. The Morgan fingerprint density at radius 3 is 2.11 bits per heavy atom. The summed E-state index contributed by atoms with van der Waals surface area (Å²) in [6.07, 6.45) is 3.79.